The molecule has 0 aliphatic heterocycles. The number of aliphatic hydroxyl groups is 1. The molecule has 1 aromatic rings. The maximum Gasteiger partial charge on any atom is 0.220 e. The second kappa shape index (κ2) is 8.75. The number of amides is 1. The molecule has 0 aromatic carbocycles. The number of Topliss-reactive ketones (excluding diaryl/α,β-unsaturated/α-hetero) is 1. The fraction of sp³-hybridized carbons (Fsp3) is 0.815. The summed E-state index contributed by atoms with van der Waals surface area (Å²) in [4.78, 5) is 30.4. The molecule has 6 heteroatoms. The zero-order chi connectivity index (χ0) is 23.4. The van der Waals surface area contributed by atoms with E-state index < -0.39 is 0 Å². The highest BCUT2D eigenvalue weighted by Crippen LogP contribution is 2.67. The molecule has 0 saturated heterocycles. The van der Waals surface area contributed by atoms with E-state index in [2.05, 4.69) is 31.1 Å². The van der Waals surface area contributed by atoms with Crippen molar-refractivity contribution in [2.45, 2.75) is 91.2 Å². The number of ketones is 1. The Morgan fingerprint density at radius 2 is 1.97 bits per heavy atom. The summed E-state index contributed by atoms with van der Waals surface area (Å²) in [5, 5.41) is 16.2. The topological polar surface area (TPSA) is 79.3 Å². The Kier molecular flexibility index (Phi) is 6.22. The Hall–Kier alpha value is -1.27. The van der Waals surface area contributed by atoms with Gasteiger partial charge in [0.2, 0.25) is 5.91 Å². The van der Waals surface area contributed by atoms with Crippen LogP contribution >= 0.6 is 11.3 Å². The maximum atomic E-state index is 13.5. The van der Waals surface area contributed by atoms with Gasteiger partial charge in [-0.15, -0.1) is 11.3 Å². The fourth-order valence-electron chi connectivity index (χ4n) is 8.91. The Balaban J connectivity index is 1.28. The summed E-state index contributed by atoms with van der Waals surface area (Å²) in [6.07, 6.45) is 10.1. The SMILES string of the molecule is C[C@H](CC(=O)NCc1nccs1)C1CC[C@H]2C3C(=O)CC4C[C@H](O)CCC4(C)[C@H]3CCC12C. The summed E-state index contributed by atoms with van der Waals surface area (Å²) < 4.78 is 0. The number of fused-ring (bicyclic) bond motifs is 5. The van der Waals surface area contributed by atoms with Crippen molar-refractivity contribution in [2.75, 3.05) is 0 Å². The van der Waals surface area contributed by atoms with Gasteiger partial charge in [-0.3, -0.25) is 9.59 Å². The Morgan fingerprint density at radius 1 is 1.21 bits per heavy atom. The molecule has 1 heterocycles. The van der Waals surface area contributed by atoms with Gasteiger partial charge in [0.15, 0.2) is 0 Å². The van der Waals surface area contributed by atoms with Gasteiger partial charge in [-0.1, -0.05) is 20.8 Å². The van der Waals surface area contributed by atoms with E-state index in [1.54, 1.807) is 17.5 Å². The quantitative estimate of drug-likeness (QED) is 0.633. The first-order chi connectivity index (χ1) is 15.7. The fourth-order valence-corrected chi connectivity index (χ4v) is 9.46. The molecular formula is C27H40N2O3S. The van der Waals surface area contributed by atoms with Crippen LogP contribution in [0.15, 0.2) is 11.6 Å². The number of carbonyl (C=O) groups excluding carboxylic acids is 2. The summed E-state index contributed by atoms with van der Waals surface area (Å²) in [5.74, 6) is 2.89. The van der Waals surface area contributed by atoms with E-state index >= 15 is 0 Å². The lowest BCUT2D eigenvalue weighted by Crippen LogP contribution is -2.57. The molecule has 1 amide bonds. The highest BCUT2D eigenvalue weighted by Gasteiger charge is 2.63. The molecule has 0 radical (unpaired) electrons. The summed E-state index contributed by atoms with van der Waals surface area (Å²) in [5.41, 5.74) is 0.363. The summed E-state index contributed by atoms with van der Waals surface area (Å²) in [6, 6.07) is 0. The van der Waals surface area contributed by atoms with E-state index in [0.717, 1.165) is 43.5 Å². The second-order valence-electron chi connectivity index (χ2n) is 12.2. The van der Waals surface area contributed by atoms with E-state index in [4.69, 9.17) is 0 Å². The first-order valence-corrected chi connectivity index (χ1v) is 14.0. The van der Waals surface area contributed by atoms with Crippen molar-refractivity contribution in [1.82, 2.24) is 10.3 Å². The number of aliphatic hydroxyl groups excluding tert-OH is 1. The van der Waals surface area contributed by atoms with Crippen molar-refractivity contribution in [3.8, 4) is 0 Å². The van der Waals surface area contributed by atoms with E-state index in [-0.39, 0.29) is 28.8 Å². The number of thiazole rings is 1. The molecule has 0 spiro atoms. The second-order valence-corrected chi connectivity index (χ2v) is 13.1. The van der Waals surface area contributed by atoms with Gasteiger partial charge in [-0.05, 0) is 85.4 Å². The Morgan fingerprint density at radius 3 is 2.73 bits per heavy atom. The Labute approximate surface area is 202 Å². The van der Waals surface area contributed by atoms with Crippen LogP contribution in [0.5, 0.6) is 0 Å². The number of nitrogens with one attached hydrogen (secondary N) is 1. The zero-order valence-corrected chi connectivity index (χ0v) is 21.2. The molecule has 2 N–H and O–H groups in total. The standard InChI is InChI=1S/C27H40N2O3S/c1-16(12-23(32)29-15-24-28-10-11-33-24)19-4-5-20-25-21(7-9-27(19,20)3)26(2)8-6-18(30)13-17(26)14-22(25)31/h10-11,16-21,25,30H,4-9,12-15H2,1-3H3,(H,29,32)/t16-,17?,18-,19?,20+,21+,25?,26?,27?/m1/s1. The van der Waals surface area contributed by atoms with Crippen molar-refractivity contribution in [2.24, 2.45) is 46.3 Å². The molecule has 5 nitrogen and oxygen atoms in total. The lowest BCUT2D eigenvalue weighted by atomic mass is 9.44. The molecule has 4 fully saturated rings. The largest absolute Gasteiger partial charge is 0.393 e. The van der Waals surface area contributed by atoms with Crippen LogP contribution in [0, 0.1) is 46.3 Å². The molecule has 0 bridgehead atoms. The van der Waals surface area contributed by atoms with E-state index in [1.165, 1.54) is 6.42 Å². The summed E-state index contributed by atoms with van der Waals surface area (Å²) in [7, 11) is 0. The lowest BCUT2D eigenvalue weighted by molar-refractivity contribution is -0.161. The van der Waals surface area contributed by atoms with E-state index in [9.17, 15) is 14.7 Å². The van der Waals surface area contributed by atoms with Gasteiger partial charge in [0.25, 0.3) is 0 Å². The van der Waals surface area contributed by atoms with Crippen LogP contribution in [0.4, 0.5) is 0 Å². The normalized spacial score (nSPS) is 43.3. The first kappa shape index (κ1) is 23.5. The van der Waals surface area contributed by atoms with Crippen molar-refractivity contribution in [1.29, 1.82) is 0 Å². The van der Waals surface area contributed by atoms with E-state index in [1.807, 2.05) is 5.38 Å². The molecular weight excluding hydrogens is 432 g/mol. The third-order valence-corrected chi connectivity index (χ3v) is 11.4. The molecule has 5 unspecified atom stereocenters. The molecule has 4 saturated carbocycles. The van der Waals surface area contributed by atoms with Crippen LogP contribution in [-0.4, -0.2) is 27.9 Å². The number of carbonyl (C=O) groups is 2. The molecule has 182 valence electrons. The highest BCUT2D eigenvalue weighted by atomic mass is 32.1. The third kappa shape index (κ3) is 3.99. The highest BCUT2D eigenvalue weighted by molar-refractivity contribution is 7.09. The van der Waals surface area contributed by atoms with Gasteiger partial charge in [0.1, 0.15) is 10.8 Å². The van der Waals surface area contributed by atoms with Crippen LogP contribution < -0.4 is 5.32 Å². The number of hydrogen-bond acceptors (Lipinski definition) is 5. The summed E-state index contributed by atoms with van der Waals surface area (Å²) >= 11 is 1.57. The smallest absolute Gasteiger partial charge is 0.220 e. The van der Waals surface area contributed by atoms with Crippen molar-refractivity contribution in [3.63, 3.8) is 0 Å². The van der Waals surface area contributed by atoms with Crippen LogP contribution in [0.3, 0.4) is 0 Å². The van der Waals surface area contributed by atoms with Gasteiger partial charge in [0, 0.05) is 30.3 Å². The van der Waals surface area contributed by atoms with Crippen molar-refractivity contribution in [3.05, 3.63) is 16.6 Å². The average molecular weight is 473 g/mol. The zero-order valence-electron chi connectivity index (χ0n) is 20.4. The molecule has 4 aliphatic rings. The molecule has 33 heavy (non-hydrogen) atoms. The predicted octanol–water partition coefficient (Wildman–Crippen LogP) is 4.98. The lowest BCUT2D eigenvalue weighted by Gasteiger charge is -2.60. The summed E-state index contributed by atoms with van der Waals surface area (Å²) in [6.45, 7) is 7.62. The maximum absolute atomic E-state index is 13.5. The number of rotatable bonds is 5. The number of nitrogens with zero attached hydrogens (tertiary/aromatic N) is 1. The van der Waals surface area contributed by atoms with Crippen LogP contribution in [0.25, 0.3) is 0 Å². The van der Waals surface area contributed by atoms with Crippen LogP contribution in [-0.2, 0) is 16.1 Å². The van der Waals surface area contributed by atoms with Crippen LogP contribution in [0.2, 0.25) is 0 Å². The predicted molar refractivity (Wildman–Crippen MR) is 129 cm³/mol. The number of aromatic nitrogens is 1. The van der Waals surface area contributed by atoms with Gasteiger partial charge >= 0.3 is 0 Å². The van der Waals surface area contributed by atoms with E-state index in [0.29, 0.717) is 54.8 Å². The molecule has 5 rings (SSSR count). The molecule has 1 aromatic heterocycles. The molecule has 9 atom stereocenters. The first-order valence-electron chi connectivity index (χ1n) is 13.1. The van der Waals surface area contributed by atoms with Crippen LogP contribution in [0.1, 0.15) is 83.6 Å². The van der Waals surface area contributed by atoms with Gasteiger partial charge in [0.05, 0.1) is 12.6 Å². The van der Waals surface area contributed by atoms with Crippen molar-refractivity contribution >= 4 is 23.0 Å². The Bertz CT molecular complexity index is 888. The average Bonchev–Trinajstić information content (AvgIpc) is 3.41. The minimum atomic E-state index is -0.222. The monoisotopic (exact) mass is 472 g/mol. The van der Waals surface area contributed by atoms with Gasteiger partial charge < -0.3 is 10.4 Å². The minimum Gasteiger partial charge on any atom is -0.393 e. The third-order valence-electron chi connectivity index (χ3n) is 10.6. The molecule has 4 aliphatic carbocycles. The van der Waals surface area contributed by atoms with Gasteiger partial charge in [-0.2, -0.15) is 0 Å². The number of hydrogen-bond donors (Lipinski definition) is 2. The minimum absolute atomic E-state index is 0.114. The van der Waals surface area contributed by atoms with Gasteiger partial charge in [-0.25, -0.2) is 4.98 Å². The van der Waals surface area contributed by atoms with Crippen molar-refractivity contribution < 1.29 is 14.7 Å².